The van der Waals surface area contributed by atoms with E-state index in [0.29, 0.717) is 5.56 Å². The minimum atomic E-state index is -1.01. The van der Waals surface area contributed by atoms with E-state index in [1.54, 1.807) is 20.1 Å². The second kappa shape index (κ2) is 5.30. The zero-order valence-corrected chi connectivity index (χ0v) is 9.65. The van der Waals surface area contributed by atoms with Crippen molar-refractivity contribution in [3.63, 3.8) is 0 Å². The number of ether oxygens (including phenoxy) is 1. The van der Waals surface area contributed by atoms with Gasteiger partial charge in [-0.3, -0.25) is 0 Å². The maximum Gasteiger partial charge on any atom is 0.354 e. The first-order chi connectivity index (χ1) is 7.60. The van der Waals surface area contributed by atoms with Gasteiger partial charge in [0.15, 0.2) is 5.69 Å². The molecule has 0 aliphatic heterocycles. The van der Waals surface area contributed by atoms with Gasteiger partial charge in [0.25, 0.3) is 0 Å². The van der Waals surface area contributed by atoms with Crippen LogP contribution in [0.15, 0.2) is 18.0 Å². The Kier molecular flexibility index (Phi) is 4.05. The number of nitrogens with zero attached hydrogens (tertiary/aromatic N) is 1. The number of allylic oxidation sites excluding steroid dienone is 1. The van der Waals surface area contributed by atoms with E-state index >= 15 is 0 Å². The SMILES string of the molecule is CCC(=Cc1ccnc(C(=O)O)c1C)OC. The number of carboxylic acid groups (broad SMARTS) is 1. The summed E-state index contributed by atoms with van der Waals surface area (Å²) in [5, 5.41) is 8.92. The van der Waals surface area contributed by atoms with Gasteiger partial charge in [0.2, 0.25) is 0 Å². The molecule has 1 aromatic rings. The third-order valence-electron chi connectivity index (χ3n) is 2.38. The Morgan fingerprint density at radius 3 is 2.81 bits per heavy atom. The maximum absolute atomic E-state index is 10.9. The summed E-state index contributed by atoms with van der Waals surface area (Å²) in [6, 6.07) is 1.77. The molecule has 0 radical (unpaired) electrons. The summed E-state index contributed by atoms with van der Waals surface area (Å²) in [4.78, 5) is 14.7. The van der Waals surface area contributed by atoms with Crippen LogP contribution in [0.4, 0.5) is 0 Å². The van der Waals surface area contributed by atoms with Gasteiger partial charge in [-0.25, -0.2) is 9.78 Å². The highest BCUT2D eigenvalue weighted by atomic mass is 16.5. The van der Waals surface area contributed by atoms with Gasteiger partial charge >= 0.3 is 5.97 Å². The molecule has 0 saturated carbocycles. The molecule has 1 aromatic heterocycles. The Bertz CT molecular complexity index is 418. The number of carbonyl (C=O) groups is 1. The second-order valence-electron chi connectivity index (χ2n) is 3.35. The highest BCUT2D eigenvalue weighted by Crippen LogP contribution is 2.16. The third-order valence-corrected chi connectivity index (χ3v) is 2.38. The fourth-order valence-electron chi connectivity index (χ4n) is 1.40. The van der Waals surface area contributed by atoms with Crippen molar-refractivity contribution in [1.29, 1.82) is 0 Å². The predicted molar refractivity (Wildman–Crippen MR) is 61.2 cm³/mol. The van der Waals surface area contributed by atoms with Crippen molar-refractivity contribution in [2.24, 2.45) is 0 Å². The van der Waals surface area contributed by atoms with E-state index in [-0.39, 0.29) is 5.69 Å². The molecule has 1 rings (SSSR count). The van der Waals surface area contributed by atoms with Crippen LogP contribution in [0.1, 0.15) is 35.0 Å². The monoisotopic (exact) mass is 221 g/mol. The molecular weight excluding hydrogens is 206 g/mol. The molecule has 0 aliphatic rings. The van der Waals surface area contributed by atoms with Crippen LogP contribution in [-0.2, 0) is 4.74 Å². The number of aromatic carboxylic acids is 1. The molecule has 0 aliphatic carbocycles. The molecular formula is C12H15NO3. The molecule has 0 atom stereocenters. The lowest BCUT2D eigenvalue weighted by Crippen LogP contribution is -2.04. The molecule has 0 fully saturated rings. The van der Waals surface area contributed by atoms with Crippen molar-refractivity contribution in [3.8, 4) is 0 Å². The van der Waals surface area contributed by atoms with E-state index in [9.17, 15) is 4.79 Å². The van der Waals surface area contributed by atoms with Crippen molar-refractivity contribution >= 4 is 12.0 Å². The Morgan fingerprint density at radius 1 is 1.62 bits per heavy atom. The average Bonchev–Trinajstić information content (AvgIpc) is 2.27. The lowest BCUT2D eigenvalue weighted by Gasteiger charge is -2.06. The first-order valence-electron chi connectivity index (χ1n) is 5.03. The summed E-state index contributed by atoms with van der Waals surface area (Å²) in [5.41, 5.74) is 1.56. The normalized spacial score (nSPS) is 11.3. The first kappa shape index (κ1) is 12.2. The van der Waals surface area contributed by atoms with Gasteiger partial charge < -0.3 is 9.84 Å². The van der Waals surface area contributed by atoms with Gasteiger partial charge in [0, 0.05) is 12.6 Å². The number of carboxylic acids is 1. The molecule has 1 N–H and O–H groups in total. The molecule has 0 unspecified atom stereocenters. The van der Waals surface area contributed by atoms with Crippen molar-refractivity contribution in [1.82, 2.24) is 4.98 Å². The van der Waals surface area contributed by atoms with E-state index < -0.39 is 5.97 Å². The van der Waals surface area contributed by atoms with Crippen LogP contribution in [-0.4, -0.2) is 23.2 Å². The lowest BCUT2D eigenvalue weighted by atomic mass is 10.1. The van der Waals surface area contributed by atoms with E-state index in [1.165, 1.54) is 6.20 Å². The van der Waals surface area contributed by atoms with Gasteiger partial charge in [0.05, 0.1) is 12.9 Å². The summed E-state index contributed by atoms with van der Waals surface area (Å²) in [6.45, 7) is 3.72. The van der Waals surface area contributed by atoms with Crippen molar-refractivity contribution in [3.05, 3.63) is 34.8 Å². The standard InChI is InChI=1S/C12H15NO3/c1-4-10(16-3)7-9-5-6-13-11(8(9)2)12(14)15/h5-7H,4H2,1-3H3,(H,14,15). The summed E-state index contributed by atoms with van der Waals surface area (Å²) in [6.07, 6.45) is 4.09. The summed E-state index contributed by atoms with van der Waals surface area (Å²) in [7, 11) is 1.60. The van der Waals surface area contributed by atoms with Crippen molar-refractivity contribution < 1.29 is 14.6 Å². The number of hydrogen-bond acceptors (Lipinski definition) is 3. The molecule has 4 nitrogen and oxygen atoms in total. The minimum Gasteiger partial charge on any atom is -0.501 e. The van der Waals surface area contributed by atoms with Gasteiger partial charge in [-0.2, -0.15) is 0 Å². The highest BCUT2D eigenvalue weighted by molar-refractivity contribution is 5.88. The number of methoxy groups -OCH3 is 1. The molecule has 0 amide bonds. The molecule has 0 aromatic carbocycles. The van der Waals surface area contributed by atoms with Crippen molar-refractivity contribution in [2.45, 2.75) is 20.3 Å². The third kappa shape index (κ3) is 2.59. The molecule has 16 heavy (non-hydrogen) atoms. The molecule has 1 heterocycles. The number of hydrogen-bond donors (Lipinski definition) is 1. The van der Waals surface area contributed by atoms with Crippen LogP contribution < -0.4 is 0 Å². The van der Waals surface area contributed by atoms with Gasteiger partial charge in [-0.15, -0.1) is 0 Å². The smallest absolute Gasteiger partial charge is 0.354 e. The van der Waals surface area contributed by atoms with Gasteiger partial charge in [0.1, 0.15) is 0 Å². The van der Waals surface area contributed by atoms with E-state index in [1.807, 2.05) is 13.0 Å². The first-order valence-corrected chi connectivity index (χ1v) is 5.03. The Labute approximate surface area is 94.6 Å². The van der Waals surface area contributed by atoms with Crippen LogP contribution in [0.25, 0.3) is 6.08 Å². The number of aromatic nitrogens is 1. The average molecular weight is 221 g/mol. The fraction of sp³-hybridized carbons (Fsp3) is 0.333. The summed E-state index contributed by atoms with van der Waals surface area (Å²) < 4.78 is 5.15. The zero-order chi connectivity index (χ0) is 12.1. The maximum atomic E-state index is 10.9. The van der Waals surface area contributed by atoms with Crippen molar-refractivity contribution in [2.75, 3.05) is 7.11 Å². The van der Waals surface area contributed by atoms with Gasteiger partial charge in [-0.1, -0.05) is 6.92 Å². The fourth-order valence-corrected chi connectivity index (χ4v) is 1.40. The highest BCUT2D eigenvalue weighted by Gasteiger charge is 2.10. The van der Waals surface area contributed by atoms with E-state index in [4.69, 9.17) is 9.84 Å². The van der Waals surface area contributed by atoms with Crippen LogP contribution in [0.5, 0.6) is 0 Å². The Balaban J connectivity index is 3.20. The number of pyridine rings is 1. The quantitative estimate of drug-likeness (QED) is 0.793. The number of rotatable bonds is 4. The topological polar surface area (TPSA) is 59.4 Å². The lowest BCUT2D eigenvalue weighted by molar-refractivity contribution is 0.0689. The molecule has 0 spiro atoms. The van der Waals surface area contributed by atoms with Gasteiger partial charge in [-0.05, 0) is 30.2 Å². The van der Waals surface area contributed by atoms with Crippen LogP contribution in [0.2, 0.25) is 0 Å². The summed E-state index contributed by atoms with van der Waals surface area (Å²) >= 11 is 0. The van der Waals surface area contributed by atoms with E-state index in [2.05, 4.69) is 4.98 Å². The Hall–Kier alpha value is -1.84. The van der Waals surface area contributed by atoms with Crippen LogP contribution in [0, 0.1) is 6.92 Å². The largest absolute Gasteiger partial charge is 0.501 e. The minimum absolute atomic E-state index is 0.0836. The van der Waals surface area contributed by atoms with Crippen LogP contribution in [0.3, 0.4) is 0 Å². The zero-order valence-electron chi connectivity index (χ0n) is 9.65. The predicted octanol–water partition coefficient (Wildman–Crippen LogP) is 2.49. The molecule has 86 valence electrons. The Morgan fingerprint density at radius 2 is 2.31 bits per heavy atom. The second-order valence-corrected chi connectivity index (χ2v) is 3.35. The van der Waals surface area contributed by atoms with Crippen LogP contribution >= 0.6 is 0 Å². The molecule has 4 heteroatoms. The molecule has 0 bridgehead atoms. The summed E-state index contributed by atoms with van der Waals surface area (Å²) in [5.74, 6) is -0.200. The van der Waals surface area contributed by atoms with E-state index in [0.717, 1.165) is 17.7 Å². The molecule has 0 saturated heterocycles.